The van der Waals surface area contributed by atoms with Gasteiger partial charge in [-0.2, -0.15) is 5.26 Å². The minimum Gasteiger partial charge on any atom is -0.300 e. The van der Waals surface area contributed by atoms with Crippen LogP contribution >= 0.6 is 0 Å². The monoisotopic (exact) mass is 263 g/mol. The fraction of sp³-hybridized carbons (Fsp3) is 0.938. The summed E-state index contributed by atoms with van der Waals surface area (Å²) in [5, 5.41) is 12.9. The molecular formula is C16H29N3. The van der Waals surface area contributed by atoms with Gasteiger partial charge in [0.15, 0.2) is 0 Å². The summed E-state index contributed by atoms with van der Waals surface area (Å²) in [7, 11) is 0. The highest BCUT2D eigenvalue weighted by Gasteiger charge is 2.33. The normalized spacial score (nSPS) is 27.7. The van der Waals surface area contributed by atoms with Crippen molar-refractivity contribution in [1.29, 1.82) is 5.26 Å². The first kappa shape index (κ1) is 14.8. The van der Waals surface area contributed by atoms with Gasteiger partial charge < -0.3 is 4.90 Å². The Morgan fingerprint density at radius 2 is 2.11 bits per heavy atom. The first-order valence-corrected chi connectivity index (χ1v) is 8.10. The van der Waals surface area contributed by atoms with Gasteiger partial charge in [0.05, 0.1) is 6.07 Å². The van der Waals surface area contributed by atoms with Crippen LogP contribution in [0.3, 0.4) is 0 Å². The standard InChI is InChI=1S/C16H29N3/c1-3-6-15-7-4-5-11-19(15)12-10-16(2,13-17)18-14-8-9-14/h14-15,18H,3-12H2,1-2H3. The molecule has 0 spiro atoms. The highest BCUT2D eigenvalue weighted by Crippen LogP contribution is 2.26. The molecule has 1 saturated heterocycles. The smallest absolute Gasteiger partial charge is 0.105 e. The number of likely N-dealkylation sites (tertiary alicyclic amines) is 1. The van der Waals surface area contributed by atoms with Crippen molar-refractivity contribution in [2.75, 3.05) is 13.1 Å². The van der Waals surface area contributed by atoms with Gasteiger partial charge in [0.2, 0.25) is 0 Å². The third kappa shape index (κ3) is 4.47. The molecule has 2 unspecified atom stereocenters. The molecule has 1 aliphatic carbocycles. The van der Waals surface area contributed by atoms with E-state index in [1.807, 2.05) is 0 Å². The van der Waals surface area contributed by atoms with E-state index in [1.165, 1.54) is 51.5 Å². The molecule has 108 valence electrons. The second-order valence-electron chi connectivity index (χ2n) is 6.59. The molecule has 0 radical (unpaired) electrons. The van der Waals surface area contributed by atoms with E-state index in [2.05, 4.69) is 30.1 Å². The predicted molar refractivity (Wildman–Crippen MR) is 78.9 cm³/mol. The molecule has 1 N–H and O–H groups in total. The number of nitrogens with one attached hydrogen (secondary N) is 1. The molecular weight excluding hydrogens is 234 g/mol. The quantitative estimate of drug-likeness (QED) is 0.767. The summed E-state index contributed by atoms with van der Waals surface area (Å²) in [5.74, 6) is 0. The van der Waals surface area contributed by atoms with Gasteiger partial charge in [-0.1, -0.05) is 19.8 Å². The lowest BCUT2D eigenvalue weighted by Crippen LogP contribution is -2.47. The average Bonchev–Trinajstić information content (AvgIpc) is 3.22. The van der Waals surface area contributed by atoms with E-state index >= 15 is 0 Å². The summed E-state index contributed by atoms with van der Waals surface area (Å²) in [4.78, 5) is 2.64. The highest BCUT2D eigenvalue weighted by atomic mass is 15.2. The van der Waals surface area contributed by atoms with E-state index < -0.39 is 0 Å². The molecule has 0 amide bonds. The fourth-order valence-corrected chi connectivity index (χ4v) is 3.22. The molecule has 1 saturated carbocycles. The molecule has 0 aromatic heterocycles. The van der Waals surface area contributed by atoms with E-state index in [-0.39, 0.29) is 5.54 Å². The Balaban J connectivity index is 1.82. The van der Waals surface area contributed by atoms with Crippen LogP contribution in [0.1, 0.15) is 65.2 Å². The van der Waals surface area contributed by atoms with Crippen LogP contribution < -0.4 is 5.32 Å². The van der Waals surface area contributed by atoms with Crippen molar-refractivity contribution >= 4 is 0 Å². The van der Waals surface area contributed by atoms with Crippen molar-refractivity contribution in [3.8, 4) is 6.07 Å². The topological polar surface area (TPSA) is 39.1 Å². The largest absolute Gasteiger partial charge is 0.300 e. The number of hydrogen-bond donors (Lipinski definition) is 1. The molecule has 2 aliphatic rings. The summed E-state index contributed by atoms with van der Waals surface area (Å²) in [6.45, 7) is 6.66. The van der Waals surface area contributed by atoms with E-state index in [0.717, 1.165) is 19.0 Å². The first-order valence-electron chi connectivity index (χ1n) is 8.10. The Kier molecular flexibility index (Phi) is 5.24. The summed E-state index contributed by atoms with van der Waals surface area (Å²) < 4.78 is 0. The van der Waals surface area contributed by atoms with Gasteiger partial charge in [0, 0.05) is 18.6 Å². The van der Waals surface area contributed by atoms with Gasteiger partial charge in [-0.05, 0) is 52.0 Å². The van der Waals surface area contributed by atoms with E-state index in [0.29, 0.717) is 6.04 Å². The molecule has 1 aliphatic heterocycles. The Morgan fingerprint density at radius 3 is 2.74 bits per heavy atom. The van der Waals surface area contributed by atoms with Crippen LogP contribution in [-0.2, 0) is 0 Å². The molecule has 3 heteroatoms. The highest BCUT2D eigenvalue weighted by molar-refractivity contribution is 5.07. The maximum absolute atomic E-state index is 9.43. The van der Waals surface area contributed by atoms with Crippen LogP contribution in [-0.4, -0.2) is 35.6 Å². The molecule has 2 atom stereocenters. The summed E-state index contributed by atoms with van der Waals surface area (Å²) in [6.07, 6.45) is 10.1. The Bertz CT molecular complexity index is 316. The van der Waals surface area contributed by atoms with Crippen LogP contribution in [0.15, 0.2) is 0 Å². The molecule has 3 nitrogen and oxygen atoms in total. The number of rotatable bonds is 7. The summed E-state index contributed by atoms with van der Waals surface area (Å²) >= 11 is 0. The minimum atomic E-state index is -0.324. The zero-order valence-corrected chi connectivity index (χ0v) is 12.6. The van der Waals surface area contributed by atoms with Crippen molar-refractivity contribution in [3.05, 3.63) is 0 Å². The first-order chi connectivity index (χ1) is 9.17. The molecule has 0 aromatic rings. The maximum atomic E-state index is 9.43. The molecule has 0 aromatic carbocycles. The average molecular weight is 263 g/mol. The van der Waals surface area contributed by atoms with Crippen LogP contribution in [0.5, 0.6) is 0 Å². The zero-order valence-electron chi connectivity index (χ0n) is 12.6. The minimum absolute atomic E-state index is 0.324. The summed E-state index contributed by atoms with van der Waals surface area (Å²) in [5.41, 5.74) is -0.324. The van der Waals surface area contributed by atoms with E-state index in [1.54, 1.807) is 0 Å². The van der Waals surface area contributed by atoms with Gasteiger partial charge in [-0.15, -0.1) is 0 Å². The lowest BCUT2D eigenvalue weighted by atomic mass is 9.94. The van der Waals surface area contributed by atoms with Gasteiger partial charge in [-0.3, -0.25) is 5.32 Å². The SMILES string of the molecule is CCCC1CCCCN1CCC(C)(C#N)NC1CC1. The molecule has 2 rings (SSSR count). The van der Waals surface area contributed by atoms with Gasteiger partial charge in [-0.25, -0.2) is 0 Å². The Morgan fingerprint density at radius 1 is 1.32 bits per heavy atom. The van der Waals surface area contributed by atoms with Crippen molar-refractivity contribution < 1.29 is 0 Å². The lowest BCUT2D eigenvalue weighted by molar-refractivity contribution is 0.129. The number of piperidine rings is 1. The zero-order chi connectivity index (χ0) is 13.7. The third-order valence-electron chi connectivity index (χ3n) is 4.62. The second-order valence-corrected chi connectivity index (χ2v) is 6.59. The number of hydrogen-bond acceptors (Lipinski definition) is 3. The van der Waals surface area contributed by atoms with Crippen LogP contribution in [0.4, 0.5) is 0 Å². The van der Waals surface area contributed by atoms with E-state index in [9.17, 15) is 5.26 Å². The molecule has 2 fully saturated rings. The second kappa shape index (κ2) is 6.72. The Labute approximate surface area is 118 Å². The van der Waals surface area contributed by atoms with Crippen LogP contribution in [0, 0.1) is 11.3 Å². The van der Waals surface area contributed by atoms with Crippen molar-refractivity contribution in [2.24, 2.45) is 0 Å². The van der Waals surface area contributed by atoms with Gasteiger partial charge in [0.25, 0.3) is 0 Å². The van der Waals surface area contributed by atoms with Crippen molar-refractivity contribution in [2.45, 2.75) is 82.8 Å². The molecule has 0 bridgehead atoms. The van der Waals surface area contributed by atoms with Crippen LogP contribution in [0.25, 0.3) is 0 Å². The molecule has 19 heavy (non-hydrogen) atoms. The fourth-order valence-electron chi connectivity index (χ4n) is 3.22. The van der Waals surface area contributed by atoms with Crippen molar-refractivity contribution in [3.63, 3.8) is 0 Å². The van der Waals surface area contributed by atoms with E-state index in [4.69, 9.17) is 0 Å². The summed E-state index contributed by atoms with van der Waals surface area (Å²) in [6, 6.07) is 3.87. The van der Waals surface area contributed by atoms with Gasteiger partial charge >= 0.3 is 0 Å². The number of nitrogens with zero attached hydrogens (tertiary/aromatic N) is 2. The van der Waals surface area contributed by atoms with Crippen molar-refractivity contribution in [1.82, 2.24) is 10.2 Å². The Hall–Kier alpha value is -0.590. The van der Waals surface area contributed by atoms with Crippen LogP contribution in [0.2, 0.25) is 0 Å². The molecule has 1 heterocycles. The van der Waals surface area contributed by atoms with Gasteiger partial charge in [0.1, 0.15) is 5.54 Å². The lowest BCUT2D eigenvalue weighted by Gasteiger charge is -2.37. The third-order valence-corrected chi connectivity index (χ3v) is 4.62. The predicted octanol–water partition coefficient (Wildman–Crippen LogP) is 3.07. The maximum Gasteiger partial charge on any atom is 0.105 e. The number of nitriles is 1.